The molecule has 1 amide bonds. The average molecular weight is 358 g/mol. The number of rotatable bonds is 7. The number of ether oxygens (including phenoxy) is 2. The highest BCUT2D eigenvalue weighted by Crippen LogP contribution is 2.19. The lowest BCUT2D eigenvalue weighted by Gasteiger charge is -2.32. The molecule has 0 spiro atoms. The van der Waals surface area contributed by atoms with E-state index in [0.717, 1.165) is 38.0 Å². The van der Waals surface area contributed by atoms with Gasteiger partial charge in [-0.1, -0.05) is 19.1 Å². The number of nitrogens with zero attached hydrogens (tertiary/aromatic N) is 3. The minimum absolute atomic E-state index is 0.0522. The fourth-order valence-electron chi connectivity index (χ4n) is 3.11. The van der Waals surface area contributed by atoms with Gasteiger partial charge in [0.25, 0.3) is 5.91 Å². The van der Waals surface area contributed by atoms with Gasteiger partial charge in [-0.2, -0.15) is 5.10 Å². The van der Waals surface area contributed by atoms with Crippen LogP contribution in [-0.2, 0) is 16.1 Å². The third kappa shape index (κ3) is 4.47. The molecule has 140 valence electrons. The van der Waals surface area contributed by atoms with Crippen molar-refractivity contribution in [2.45, 2.75) is 38.9 Å². The molecule has 0 radical (unpaired) electrons. The average Bonchev–Trinajstić information content (AvgIpc) is 3.15. The number of carbonyl (C=O) groups is 1. The van der Waals surface area contributed by atoms with E-state index in [0.29, 0.717) is 30.4 Å². The highest BCUT2D eigenvalue weighted by Gasteiger charge is 2.24. The Balaban J connectivity index is 1.64. The first-order valence-electron chi connectivity index (χ1n) is 9.12. The van der Waals surface area contributed by atoms with E-state index >= 15 is 0 Å². The van der Waals surface area contributed by atoms with Crippen molar-refractivity contribution in [3.63, 3.8) is 0 Å². The van der Waals surface area contributed by atoms with Crippen LogP contribution in [0.25, 0.3) is 11.4 Å². The van der Waals surface area contributed by atoms with Crippen molar-refractivity contribution < 1.29 is 14.3 Å². The largest absolute Gasteiger partial charge is 0.377 e. The zero-order valence-corrected chi connectivity index (χ0v) is 15.4. The summed E-state index contributed by atoms with van der Waals surface area (Å²) in [7, 11) is 1.61. The lowest BCUT2D eigenvalue weighted by atomic mass is 10.1. The van der Waals surface area contributed by atoms with Gasteiger partial charge < -0.3 is 14.4 Å². The van der Waals surface area contributed by atoms with Gasteiger partial charge in [-0.15, -0.1) is 0 Å². The molecule has 3 rings (SSSR count). The van der Waals surface area contributed by atoms with Gasteiger partial charge in [0.05, 0.1) is 6.10 Å². The Morgan fingerprint density at radius 1 is 1.35 bits per heavy atom. The van der Waals surface area contributed by atoms with Gasteiger partial charge in [0, 0.05) is 37.9 Å². The molecule has 1 aliphatic rings. The molecule has 1 aromatic carbocycles. The summed E-state index contributed by atoms with van der Waals surface area (Å²) in [6, 6.07) is 7.42. The Morgan fingerprint density at radius 2 is 2.15 bits per heavy atom. The van der Waals surface area contributed by atoms with Crippen LogP contribution in [0.2, 0.25) is 0 Å². The number of amides is 1. The van der Waals surface area contributed by atoms with Crippen molar-refractivity contribution in [1.29, 1.82) is 0 Å². The van der Waals surface area contributed by atoms with Crippen molar-refractivity contribution in [2.24, 2.45) is 0 Å². The van der Waals surface area contributed by atoms with Crippen LogP contribution in [0.3, 0.4) is 0 Å². The SMILES string of the molecule is CCCOC1CCCN(C(=O)c2ccc(-c3n[nH]c(COC)n3)cc2)C1. The van der Waals surface area contributed by atoms with E-state index in [1.165, 1.54) is 0 Å². The molecule has 7 nitrogen and oxygen atoms in total. The number of piperidine rings is 1. The fraction of sp³-hybridized carbons (Fsp3) is 0.526. The van der Waals surface area contributed by atoms with E-state index < -0.39 is 0 Å². The molecule has 1 fully saturated rings. The standard InChI is InChI=1S/C19H26N4O3/c1-3-11-26-16-5-4-10-23(12-16)19(24)15-8-6-14(7-9-15)18-20-17(13-25-2)21-22-18/h6-9,16H,3-5,10-13H2,1-2H3,(H,20,21,22). The van der Waals surface area contributed by atoms with Crippen molar-refractivity contribution in [3.8, 4) is 11.4 Å². The number of carbonyl (C=O) groups excluding carboxylic acids is 1. The number of methoxy groups -OCH3 is 1. The molecular weight excluding hydrogens is 332 g/mol. The van der Waals surface area contributed by atoms with E-state index in [1.807, 2.05) is 29.2 Å². The summed E-state index contributed by atoms with van der Waals surface area (Å²) in [5.41, 5.74) is 1.54. The first-order valence-corrected chi connectivity index (χ1v) is 9.12. The van der Waals surface area contributed by atoms with Gasteiger partial charge in [0.1, 0.15) is 6.61 Å². The number of likely N-dealkylation sites (tertiary alicyclic amines) is 1. The van der Waals surface area contributed by atoms with Crippen LogP contribution in [0.4, 0.5) is 0 Å². The maximum Gasteiger partial charge on any atom is 0.253 e. The number of hydrogen-bond acceptors (Lipinski definition) is 5. The van der Waals surface area contributed by atoms with Gasteiger partial charge in [0.2, 0.25) is 0 Å². The van der Waals surface area contributed by atoms with Crippen LogP contribution in [0.1, 0.15) is 42.4 Å². The molecule has 0 saturated carbocycles. The molecule has 7 heteroatoms. The quantitative estimate of drug-likeness (QED) is 0.823. The second kappa shape index (κ2) is 8.91. The first kappa shape index (κ1) is 18.5. The second-order valence-corrected chi connectivity index (χ2v) is 6.50. The molecular formula is C19H26N4O3. The summed E-state index contributed by atoms with van der Waals surface area (Å²) in [5, 5.41) is 7.02. The minimum atomic E-state index is 0.0522. The lowest BCUT2D eigenvalue weighted by molar-refractivity contribution is 0.00211. The van der Waals surface area contributed by atoms with E-state index in [-0.39, 0.29) is 12.0 Å². The van der Waals surface area contributed by atoms with Crippen LogP contribution in [0, 0.1) is 0 Å². The highest BCUT2D eigenvalue weighted by atomic mass is 16.5. The summed E-state index contributed by atoms with van der Waals surface area (Å²) in [6.45, 7) is 4.69. The van der Waals surface area contributed by atoms with Gasteiger partial charge in [0.15, 0.2) is 11.6 Å². The van der Waals surface area contributed by atoms with Crippen LogP contribution in [0.15, 0.2) is 24.3 Å². The molecule has 1 atom stereocenters. The van der Waals surface area contributed by atoms with E-state index in [9.17, 15) is 4.79 Å². The summed E-state index contributed by atoms with van der Waals surface area (Å²) < 4.78 is 10.9. The van der Waals surface area contributed by atoms with Crippen molar-refractivity contribution in [1.82, 2.24) is 20.1 Å². The summed E-state index contributed by atoms with van der Waals surface area (Å²) in [4.78, 5) is 19.0. The first-order chi connectivity index (χ1) is 12.7. The normalized spacial score (nSPS) is 17.5. The predicted molar refractivity (Wildman–Crippen MR) is 97.7 cm³/mol. The molecule has 0 bridgehead atoms. The van der Waals surface area contributed by atoms with Gasteiger partial charge >= 0.3 is 0 Å². The summed E-state index contributed by atoms with van der Waals surface area (Å²) in [6.07, 6.45) is 3.16. The molecule has 1 aliphatic heterocycles. The minimum Gasteiger partial charge on any atom is -0.377 e. The number of H-pyrrole nitrogens is 1. The molecule has 2 aromatic rings. The maximum atomic E-state index is 12.8. The Morgan fingerprint density at radius 3 is 2.88 bits per heavy atom. The molecule has 1 N–H and O–H groups in total. The highest BCUT2D eigenvalue weighted by molar-refractivity contribution is 5.94. The topological polar surface area (TPSA) is 80.3 Å². The van der Waals surface area contributed by atoms with E-state index in [2.05, 4.69) is 22.1 Å². The zero-order valence-electron chi connectivity index (χ0n) is 15.4. The Labute approximate surface area is 153 Å². The van der Waals surface area contributed by atoms with E-state index in [1.54, 1.807) is 7.11 Å². The number of hydrogen-bond donors (Lipinski definition) is 1. The lowest BCUT2D eigenvalue weighted by Crippen LogP contribution is -2.43. The molecule has 2 heterocycles. The van der Waals surface area contributed by atoms with Gasteiger partial charge in [-0.05, 0) is 31.4 Å². The maximum absolute atomic E-state index is 12.8. The number of aromatic amines is 1. The van der Waals surface area contributed by atoms with Crippen LogP contribution < -0.4 is 0 Å². The molecule has 26 heavy (non-hydrogen) atoms. The number of benzene rings is 1. The van der Waals surface area contributed by atoms with Crippen LogP contribution in [0.5, 0.6) is 0 Å². The van der Waals surface area contributed by atoms with Crippen molar-refractivity contribution >= 4 is 5.91 Å². The number of nitrogens with one attached hydrogen (secondary N) is 1. The Hall–Kier alpha value is -2.25. The van der Waals surface area contributed by atoms with Crippen molar-refractivity contribution in [3.05, 3.63) is 35.7 Å². The molecule has 1 aromatic heterocycles. The monoisotopic (exact) mass is 358 g/mol. The third-order valence-electron chi connectivity index (χ3n) is 4.43. The summed E-state index contributed by atoms with van der Waals surface area (Å²) in [5.74, 6) is 1.33. The molecule has 1 unspecified atom stereocenters. The van der Waals surface area contributed by atoms with Gasteiger partial charge in [-0.3, -0.25) is 9.89 Å². The third-order valence-corrected chi connectivity index (χ3v) is 4.43. The zero-order chi connectivity index (χ0) is 18.4. The van der Waals surface area contributed by atoms with Gasteiger partial charge in [-0.25, -0.2) is 4.98 Å². The fourth-order valence-corrected chi connectivity index (χ4v) is 3.11. The summed E-state index contributed by atoms with van der Waals surface area (Å²) >= 11 is 0. The molecule has 0 aliphatic carbocycles. The Kier molecular flexibility index (Phi) is 6.35. The smallest absolute Gasteiger partial charge is 0.253 e. The predicted octanol–water partition coefficient (Wildman–Crippen LogP) is 2.65. The number of aromatic nitrogens is 3. The molecule has 1 saturated heterocycles. The van der Waals surface area contributed by atoms with E-state index in [4.69, 9.17) is 9.47 Å². The Bertz CT molecular complexity index is 714. The van der Waals surface area contributed by atoms with Crippen molar-refractivity contribution in [2.75, 3.05) is 26.8 Å². The van der Waals surface area contributed by atoms with Crippen LogP contribution in [-0.4, -0.2) is 58.9 Å². The van der Waals surface area contributed by atoms with Crippen LogP contribution >= 0.6 is 0 Å². The second-order valence-electron chi connectivity index (χ2n) is 6.50.